The Morgan fingerprint density at radius 3 is 2.57 bits per heavy atom. The molecule has 1 aromatic carbocycles. The van der Waals surface area contributed by atoms with E-state index >= 15 is 0 Å². The Morgan fingerprint density at radius 2 is 1.95 bits per heavy atom. The lowest BCUT2D eigenvalue weighted by atomic mass is 9.86. The van der Waals surface area contributed by atoms with Gasteiger partial charge in [-0.3, -0.25) is 4.79 Å². The summed E-state index contributed by atoms with van der Waals surface area (Å²) < 4.78 is 10.4. The van der Waals surface area contributed by atoms with E-state index in [-0.39, 0.29) is 18.0 Å². The lowest BCUT2D eigenvalue weighted by Crippen LogP contribution is -2.23. The van der Waals surface area contributed by atoms with Crippen molar-refractivity contribution in [3.05, 3.63) is 47.0 Å². The zero-order valence-corrected chi connectivity index (χ0v) is 12.4. The molecule has 0 N–H and O–H groups in total. The summed E-state index contributed by atoms with van der Waals surface area (Å²) in [6.07, 6.45) is 3.32. The predicted octanol–water partition coefficient (Wildman–Crippen LogP) is 2.63. The van der Waals surface area contributed by atoms with Crippen molar-refractivity contribution in [1.29, 1.82) is 0 Å². The van der Waals surface area contributed by atoms with Crippen LogP contribution in [-0.2, 0) is 19.1 Å². The van der Waals surface area contributed by atoms with Gasteiger partial charge in [0.15, 0.2) is 5.78 Å². The van der Waals surface area contributed by atoms with Crippen molar-refractivity contribution in [2.75, 3.05) is 13.7 Å². The summed E-state index contributed by atoms with van der Waals surface area (Å²) in [5, 5.41) is 0. The summed E-state index contributed by atoms with van der Waals surface area (Å²) in [5.74, 6) is -0.928. The molecular formula is C17H18O4. The monoisotopic (exact) mass is 286 g/mol. The molecule has 0 saturated heterocycles. The molecule has 0 aliphatic heterocycles. The first-order chi connectivity index (χ1) is 10.1. The van der Waals surface area contributed by atoms with Gasteiger partial charge in [0.2, 0.25) is 0 Å². The van der Waals surface area contributed by atoms with Crippen LogP contribution in [0, 0.1) is 0 Å². The molecule has 110 valence electrons. The van der Waals surface area contributed by atoms with Crippen LogP contribution in [-0.4, -0.2) is 31.6 Å². The molecule has 2 rings (SSSR count). The number of carbonyl (C=O) groups is 2. The lowest BCUT2D eigenvalue weighted by molar-refractivity contribution is -0.139. The van der Waals surface area contributed by atoms with E-state index in [4.69, 9.17) is 9.47 Å². The summed E-state index contributed by atoms with van der Waals surface area (Å²) in [7, 11) is 1.55. The first-order valence-corrected chi connectivity index (χ1v) is 6.82. The van der Waals surface area contributed by atoms with Crippen LogP contribution in [0.1, 0.15) is 25.0 Å². The van der Waals surface area contributed by atoms with Gasteiger partial charge in [0.05, 0.1) is 6.61 Å². The summed E-state index contributed by atoms with van der Waals surface area (Å²) >= 11 is 0. The van der Waals surface area contributed by atoms with Crippen LogP contribution in [0.5, 0.6) is 0 Å². The fraction of sp³-hybridized carbons (Fsp3) is 0.294. The van der Waals surface area contributed by atoms with Crippen LogP contribution < -0.4 is 0 Å². The summed E-state index contributed by atoms with van der Waals surface area (Å²) in [6.45, 7) is 3.30. The van der Waals surface area contributed by atoms with Gasteiger partial charge in [0.25, 0.3) is 0 Å². The Labute approximate surface area is 124 Å². The number of ketones is 1. The molecular weight excluding hydrogens is 268 g/mol. The first-order valence-electron chi connectivity index (χ1n) is 6.82. The molecule has 0 saturated carbocycles. The maximum Gasteiger partial charge on any atom is 0.342 e. The Balaban J connectivity index is 2.69. The molecule has 0 fully saturated rings. The van der Waals surface area contributed by atoms with E-state index in [2.05, 4.69) is 0 Å². The maximum atomic E-state index is 12.2. The Hall–Kier alpha value is -2.20. The van der Waals surface area contributed by atoms with Crippen molar-refractivity contribution in [1.82, 2.24) is 0 Å². The first kappa shape index (κ1) is 15.2. The van der Waals surface area contributed by atoms with Gasteiger partial charge in [-0.05, 0) is 25.0 Å². The highest BCUT2D eigenvalue weighted by Gasteiger charge is 2.29. The van der Waals surface area contributed by atoms with Crippen molar-refractivity contribution in [3.63, 3.8) is 0 Å². The van der Waals surface area contributed by atoms with Crippen LogP contribution in [0.3, 0.4) is 0 Å². The molecule has 0 aromatic heterocycles. The number of hydrogen-bond acceptors (Lipinski definition) is 4. The minimum Gasteiger partial charge on any atom is -0.462 e. The third-order valence-corrected chi connectivity index (χ3v) is 3.34. The van der Waals surface area contributed by atoms with Crippen molar-refractivity contribution >= 4 is 23.4 Å². The third kappa shape index (κ3) is 2.95. The SMILES string of the molecule is CCOC(=O)/C(C(C)=O)=C1/c2ccccc2C=CC1OC. The molecule has 0 amide bonds. The number of carbonyl (C=O) groups excluding carboxylic acids is 2. The van der Waals surface area contributed by atoms with Gasteiger partial charge in [0, 0.05) is 12.7 Å². The van der Waals surface area contributed by atoms with Crippen molar-refractivity contribution < 1.29 is 19.1 Å². The molecule has 1 aromatic rings. The van der Waals surface area contributed by atoms with Gasteiger partial charge in [-0.25, -0.2) is 4.79 Å². The fourth-order valence-corrected chi connectivity index (χ4v) is 2.45. The van der Waals surface area contributed by atoms with Gasteiger partial charge in [-0.15, -0.1) is 0 Å². The number of fused-ring (bicyclic) bond motifs is 1. The molecule has 0 heterocycles. The van der Waals surface area contributed by atoms with Gasteiger partial charge >= 0.3 is 5.97 Å². The van der Waals surface area contributed by atoms with E-state index < -0.39 is 12.1 Å². The minimum absolute atomic E-state index is 0.0560. The van der Waals surface area contributed by atoms with Gasteiger partial charge < -0.3 is 9.47 Å². The van der Waals surface area contributed by atoms with Crippen LogP contribution >= 0.6 is 0 Å². The summed E-state index contributed by atoms with van der Waals surface area (Å²) in [5.41, 5.74) is 2.40. The molecule has 21 heavy (non-hydrogen) atoms. The van der Waals surface area contributed by atoms with E-state index in [0.717, 1.165) is 11.1 Å². The second-order valence-electron chi connectivity index (χ2n) is 4.67. The van der Waals surface area contributed by atoms with E-state index in [9.17, 15) is 9.59 Å². The second-order valence-corrected chi connectivity index (χ2v) is 4.67. The van der Waals surface area contributed by atoms with E-state index in [1.165, 1.54) is 6.92 Å². The van der Waals surface area contributed by atoms with Gasteiger partial charge in [-0.2, -0.15) is 0 Å². The number of Topliss-reactive ketones (excluding diaryl/α,β-unsaturated/α-hetero) is 1. The quantitative estimate of drug-likeness (QED) is 0.369. The zero-order chi connectivity index (χ0) is 15.4. The number of rotatable bonds is 4. The van der Waals surface area contributed by atoms with E-state index in [0.29, 0.717) is 5.57 Å². The van der Waals surface area contributed by atoms with Crippen LogP contribution in [0.25, 0.3) is 11.6 Å². The summed E-state index contributed by atoms with van der Waals surface area (Å²) in [6, 6.07) is 7.59. The molecule has 4 nitrogen and oxygen atoms in total. The van der Waals surface area contributed by atoms with Crippen molar-refractivity contribution in [2.24, 2.45) is 0 Å². The highest BCUT2D eigenvalue weighted by molar-refractivity contribution is 6.23. The molecule has 1 atom stereocenters. The predicted molar refractivity (Wildman–Crippen MR) is 80.5 cm³/mol. The molecule has 1 unspecified atom stereocenters. The minimum atomic E-state index is -0.604. The van der Waals surface area contributed by atoms with Crippen LogP contribution in [0.2, 0.25) is 0 Å². The number of ether oxygens (including phenoxy) is 2. The molecule has 0 spiro atoms. The normalized spacial score (nSPS) is 18.9. The highest BCUT2D eigenvalue weighted by Crippen LogP contribution is 2.33. The fourth-order valence-electron chi connectivity index (χ4n) is 2.45. The molecule has 1 aliphatic rings. The lowest BCUT2D eigenvalue weighted by Gasteiger charge is -2.24. The smallest absolute Gasteiger partial charge is 0.342 e. The average molecular weight is 286 g/mol. The second kappa shape index (κ2) is 6.50. The van der Waals surface area contributed by atoms with Crippen LogP contribution in [0.4, 0.5) is 0 Å². The van der Waals surface area contributed by atoms with E-state index in [1.807, 2.05) is 36.4 Å². The van der Waals surface area contributed by atoms with Gasteiger partial charge in [0.1, 0.15) is 11.7 Å². The number of methoxy groups -OCH3 is 1. The number of hydrogen-bond donors (Lipinski definition) is 0. The number of esters is 1. The van der Waals surface area contributed by atoms with Gasteiger partial charge in [-0.1, -0.05) is 36.4 Å². The molecule has 0 radical (unpaired) electrons. The number of benzene rings is 1. The molecule has 0 bridgehead atoms. The van der Waals surface area contributed by atoms with Crippen LogP contribution in [0.15, 0.2) is 35.9 Å². The standard InChI is InChI=1S/C17H18O4/c1-4-21-17(19)15(11(2)18)16-13-8-6-5-7-12(13)9-10-14(16)20-3/h5-10,14H,4H2,1-3H3/b16-15-. The average Bonchev–Trinajstić information content (AvgIpc) is 2.47. The zero-order valence-electron chi connectivity index (χ0n) is 12.4. The Bertz CT molecular complexity index is 625. The molecule has 1 aliphatic carbocycles. The Morgan fingerprint density at radius 1 is 1.24 bits per heavy atom. The largest absolute Gasteiger partial charge is 0.462 e. The maximum absolute atomic E-state index is 12.2. The third-order valence-electron chi connectivity index (χ3n) is 3.34. The Kier molecular flexibility index (Phi) is 4.70. The van der Waals surface area contributed by atoms with E-state index in [1.54, 1.807) is 14.0 Å². The van der Waals surface area contributed by atoms with Crippen molar-refractivity contribution in [2.45, 2.75) is 20.0 Å². The van der Waals surface area contributed by atoms with Crippen molar-refractivity contribution in [3.8, 4) is 0 Å². The molecule has 4 heteroatoms. The summed E-state index contributed by atoms with van der Waals surface area (Å²) in [4.78, 5) is 24.2. The highest BCUT2D eigenvalue weighted by atomic mass is 16.5. The topological polar surface area (TPSA) is 52.6 Å².